The van der Waals surface area contributed by atoms with Crippen LogP contribution in [0, 0.1) is 5.82 Å². The maximum atomic E-state index is 12.9. The highest BCUT2D eigenvalue weighted by molar-refractivity contribution is 5.28. The average molecular weight is 182 g/mol. The number of ether oxygens (including phenoxy) is 1. The van der Waals surface area contributed by atoms with E-state index in [0.29, 0.717) is 13.2 Å². The zero-order chi connectivity index (χ0) is 9.31. The van der Waals surface area contributed by atoms with E-state index in [1.165, 1.54) is 12.1 Å². The summed E-state index contributed by atoms with van der Waals surface area (Å²) in [5.74, 6) is -0.266. The van der Waals surface area contributed by atoms with Gasteiger partial charge < -0.3 is 9.84 Å². The van der Waals surface area contributed by atoms with Crippen molar-refractivity contribution in [3.05, 3.63) is 35.6 Å². The van der Waals surface area contributed by atoms with Crippen LogP contribution in [0.2, 0.25) is 0 Å². The molecule has 1 N–H and O–H groups in total. The molecule has 1 aliphatic rings. The fourth-order valence-electron chi connectivity index (χ4n) is 1.52. The van der Waals surface area contributed by atoms with Crippen molar-refractivity contribution in [1.82, 2.24) is 0 Å². The highest BCUT2D eigenvalue weighted by atomic mass is 19.1. The molecule has 0 unspecified atom stereocenters. The number of aliphatic hydroxyl groups is 1. The van der Waals surface area contributed by atoms with Crippen molar-refractivity contribution in [2.24, 2.45) is 0 Å². The van der Waals surface area contributed by atoms with Crippen LogP contribution in [-0.2, 0) is 10.2 Å². The number of benzene rings is 1. The Morgan fingerprint density at radius 2 is 2.23 bits per heavy atom. The van der Waals surface area contributed by atoms with Gasteiger partial charge in [-0.1, -0.05) is 12.1 Å². The average Bonchev–Trinajstić information content (AvgIpc) is 2.03. The van der Waals surface area contributed by atoms with Crippen LogP contribution in [0.5, 0.6) is 0 Å². The van der Waals surface area contributed by atoms with Crippen molar-refractivity contribution in [2.45, 2.75) is 5.41 Å². The topological polar surface area (TPSA) is 29.5 Å². The number of hydrogen-bond acceptors (Lipinski definition) is 2. The van der Waals surface area contributed by atoms with Crippen LogP contribution in [0.25, 0.3) is 0 Å². The number of rotatable bonds is 2. The van der Waals surface area contributed by atoms with E-state index in [2.05, 4.69) is 0 Å². The summed E-state index contributed by atoms with van der Waals surface area (Å²) in [6, 6.07) is 6.33. The first kappa shape index (κ1) is 8.66. The number of halogens is 1. The maximum absolute atomic E-state index is 12.9. The van der Waals surface area contributed by atoms with Gasteiger partial charge in [0.25, 0.3) is 0 Å². The predicted molar refractivity (Wildman–Crippen MR) is 46.0 cm³/mol. The first-order valence-corrected chi connectivity index (χ1v) is 4.21. The fraction of sp³-hybridized carbons (Fsp3) is 0.400. The molecule has 0 aliphatic carbocycles. The van der Waals surface area contributed by atoms with Gasteiger partial charge in [0.2, 0.25) is 0 Å². The van der Waals surface area contributed by atoms with Gasteiger partial charge >= 0.3 is 0 Å². The normalized spacial score (nSPS) is 19.5. The molecular formula is C10H11FO2. The van der Waals surface area contributed by atoms with Gasteiger partial charge in [0, 0.05) is 0 Å². The molecule has 2 rings (SSSR count). The molecular weight excluding hydrogens is 171 g/mol. The van der Waals surface area contributed by atoms with Gasteiger partial charge in [-0.25, -0.2) is 4.39 Å². The smallest absolute Gasteiger partial charge is 0.123 e. The first-order chi connectivity index (χ1) is 6.27. The van der Waals surface area contributed by atoms with E-state index in [1.807, 2.05) is 6.07 Å². The quantitative estimate of drug-likeness (QED) is 0.741. The SMILES string of the molecule is OCC1(c2cccc(F)c2)COC1. The lowest BCUT2D eigenvalue weighted by Crippen LogP contribution is -2.49. The van der Waals surface area contributed by atoms with Crippen LogP contribution >= 0.6 is 0 Å². The summed E-state index contributed by atoms with van der Waals surface area (Å²) in [4.78, 5) is 0. The van der Waals surface area contributed by atoms with Crippen molar-refractivity contribution >= 4 is 0 Å². The summed E-state index contributed by atoms with van der Waals surface area (Å²) in [5.41, 5.74) is 0.462. The van der Waals surface area contributed by atoms with Crippen molar-refractivity contribution < 1.29 is 14.2 Å². The Hall–Kier alpha value is -0.930. The Balaban J connectivity index is 2.33. The third-order valence-corrected chi connectivity index (χ3v) is 2.50. The lowest BCUT2D eigenvalue weighted by molar-refractivity contribution is -0.0842. The number of aliphatic hydroxyl groups excluding tert-OH is 1. The lowest BCUT2D eigenvalue weighted by atomic mass is 9.79. The second kappa shape index (κ2) is 3.09. The van der Waals surface area contributed by atoms with E-state index < -0.39 is 0 Å². The first-order valence-electron chi connectivity index (χ1n) is 4.21. The third kappa shape index (κ3) is 1.34. The fourth-order valence-corrected chi connectivity index (χ4v) is 1.52. The van der Waals surface area contributed by atoms with Crippen LogP contribution in [0.15, 0.2) is 24.3 Å². The number of hydrogen-bond donors (Lipinski definition) is 1. The van der Waals surface area contributed by atoms with Crippen LogP contribution < -0.4 is 0 Å². The standard InChI is InChI=1S/C10H11FO2/c11-9-3-1-2-8(4-9)10(5-12)6-13-7-10/h1-4,12H,5-7H2. The molecule has 1 aromatic rings. The van der Waals surface area contributed by atoms with Crippen molar-refractivity contribution in [1.29, 1.82) is 0 Å². The van der Waals surface area contributed by atoms with Gasteiger partial charge in [0.05, 0.1) is 25.2 Å². The molecule has 70 valence electrons. The molecule has 0 aromatic heterocycles. The summed E-state index contributed by atoms with van der Waals surface area (Å²) in [7, 11) is 0. The van der Waals surface area contributed by atoms with Crippen molar-refractivity contribution in [2.75, 3.05) is 19.8 Å². The second-order valence-corrected chi connectivity index (χ2v) is 3.44. The Bertz CT molecular complexity index is 302. The summed E-state index contributed by atoms with van der Waals surface area (Å²) in [6.45, 7) is 0.969. The molecule has 0 spiro atoms. The Morgan fingerprint density at radius 1 is 1.46 bits per heavy atom. The Labute approximate surface area is 76.0 Å². The summed E-state index contributed by atoms with van der Waals surface area (Å²) in [5, 5.41) is 9.18. The molecule has 13 heavy (non-hydrogen) atoms. The lowest BCUT2D eigenvalue weighted by Gasteiger charge is -2.40. The maximum Gasteiger partial charge on any atom is 0.123 e. The molecule has 2 nitrogen and oxygen atoms in total. The molecule has 0 bridgehead atoms. The molecule has 3 heteroatoms. The van der Waals surface area contributed by atoms with Crippen LogP contribution in [-0.4, -0.2) is 24.9 Å². The Kier molecular flexibility index (Phi) is 2.06. The summed E-state index contributed by atoms with van der Waals surface area (Å²) >= 11 is 0. The second-order valence-electron chi connectivity index (χ2n) is 3.44. The van der Waals surface area contributed by atoms with Crippen LogP contribution in [0.1, 0.15) is 5.56 Å². The summed E-state index contributed by atoms with van der Waals surface area (Å²) < 4.78 is 17.9. The van der Waals surface area contributed by atoms with E-state index in [0.717, 1.165) is 5.56 Å². The Morgan fingerprint density at radius 3 is 2.69 bits per heavy atom. The monoisotopic (exact) mass is 182 g/mol. The molecule has 0 radical (unpaired) electrons. The molecule has 0 saturated carbocycles. The van der Waals surface area contributed by atoms with Gasteiger partial charge in [-0.3, -0.25) is 0 Å². The van der Waals surface area contributed by atoms with E-state index in [4.69, 9.17) is 4.74 Å². The van der Waals surface area contributed by atoms with Gasteiger partial charge in [-0.15, -0.1) is 0 Å². The van der Waals surface area contributed by atoms with Gasteiger partial charge in [-0.05, 0) is 17.7 Å². The minimum Gasteiger partial charge on any atom is -0.395 e. The van der Waals surface area contributed by atoms with Gasteiger partial charge in [-0.2, -0.15) is 0 Å². The van der Waals surface area contributed by atoms with Gasteiger partial charge in [0.15, 0.2) is 0 Å². The van der Waals surface area contributed by atoms with Crippen molar-refractivity contribution in [3.8, 4) is 0 Å². The predicted octanol–water partition coefficient (Wildman–Crippen LogP) is 1.09. The summed E-state index contributed by atoms with van der Waals surface area (Å²) in [6.07, 6.45) is 0. The zero-order valence-corrected chi connectivity index (χ0v) is 7.16. The van der Waals surface area contributed by atoms with E-state index in [-0.39, 0.29) is 17.8 Å². The van der Waals surface area contributed by atoms with E-state index in [1.54, 1.807) is 6.07 Å². The highest BCUT2D eigenvalue weighted by Crippen LogP contribution is 2.31. The van der Waals surface area contributed by atoms with Gasteiger partial charge in [0.1, 0.15) is 5.82 Å². The molecule has 1 aliphatic heterocycles. The molecule has 1 aromatic carbocycles. The molecule has 0 amide bonds. The van der Waals surface area contributed by atoms with E-state index >= 15 is 0 Å². The van der Waals surface area contributed by atoms with Crippen molar-refractivity contribution in [3.63, 3.8) is 0 Å². The van der Waals surface area contributed by atoms with Crippen LogP contribution in [0.4, 0.5) is 4.39 Å². The highest BCUT2D eigenvalue weighted by Gasteiger charge is 2.39. The minimum atomic E-state index is -0.359. The molecule has 0 atom stereocenters. The molecule has 1 heterocycles. The minimum absolute atomic E-state index is 0.0104. The van der Waals surface area contributed by atoms with Crippen LogP contribution in [0.3, 0.4) is 0 Å². The zero-order valence-electron chi connectivity index (χ0n) is 7.16. The third-order valence-electron chi connectivity index (χ3n) is 2.50. The molecule has 1 fully saturated rings. The van der Waals surface area contributed by atoms with E-state index in [9.17, 15) is 9.50 Å². The molecule has 1 saturated heterocycles. The largest absolute Gasteiger partial charge is 0.395 e.